The van der Waals surface area contributed by atoms with Crippen LogP contribution >= 0.6 is 0 Å². The number of methoxy groups -OCH3 is 1. The first kappa shape index (κ1) is 13.9. The first-order chi connectivity index (χ1) is 9.03. The largest absolute Gasteiger partial charge is 0.465 e. The third-order valence-corrected chi connectivity index (χ3v) is 3.62. The Kier molecular flexibility index (Phi) is 4.10. The van der Waals surface area contributed by atoms with E-state index in [1.165, 1.54) is 0 Å². The first-order valence-corrected chi connectivity index (χ1v) is 6.58. The van der Waals surface area contributed by atoms with Gasteiger partial charge >= 0.3 is 5.97 Å². The lowest BCUT2D eigenvalue weighted by Crippen LogP contribution is -2.26. The van der Waals surface area contributed by atoms with Gasteiger partial charge in [0.15, 0.2) is 0 Å². The summed E-state index contributed by atoms with van der Waals surface area (Å²) >= 11 is 0. The summed E-state index contributed by atoms with van der Waals surface area (Å²) in [4.78, 5) is 12.1. The van der Waals surface area contributed by atoms with Crippen molar-refractivity contribution in [1.82, 2.24) is 0 Å². The number of hydrogen-bond acceptors (Lipinski definition) is 4. The number of rotatable bonds is 5. The van der Waals surface area contributed by atoms with Crippen LogP contribution < -0.4 is 5.32 Å². The van der Waals surface area contributed by atoms with Crippen molar-refractivity contribution in [1.29, 1.82) is 0 Å². The zero-order valence-corrected chi connectivity index (χ0v) is 11.7. The molecule has 1 aromatic rings. The highest BCUT2D eigenvalue weighted by Crippen LogP contribution is 2.31. The topological polar surface area (TPSA) is 47.6 Å². The monoisotopic (exact) mass is 263 g/mol. The van der Waals surface area contributed by atoms with Crippen LogP contribution in [0.1, 0.15) is 31.7 Å². The number of hydrogen-bond donors (Lipinski definition) is 1. The lowest BCUT2D eigenvalue weighted by molar-refractivity contribution is -0.146. The highest BCUT2D eigenvalue weighted by Gasteiger charge is 2.29. The summed E-state index contributed by atoms with van der Waals surface area (Å²) in [6.45, 7) is 4.96. The molecular formula is C15H21NO3. The molecule has 2 rings (SSSR count). The lowest BCUT2D eigenvalue weighted by Gasteiger charge is -2.22. The highest BCUT2D eigenvalue weighted by molar-refractivity contribution is 5.83. The Bertz CT molecular complexity index is 456. The number of carbonyl (C=O) groups excluding carboxylic acids is 1. The molecule has 0 aromatic heterocycles. The highest BCUT2D eigenvalue weighted by atomic mass is 16.5. The van der Waals surface area contributed by atoms with Crippen molar-refractivity contribution in [3.8, 4) is 0 Å². The van der Waals surface area contributed by atoms with Gasteiger partial charge in [-0.1, -0.05) is 18.2 Å². The van der Waals surface area contributed by atoms with Gasteiger partial charge in [0, 0.05) is 25.8 Å². The molecule has 104 valence electrons. The van der Waals surface area contributed by atoms with Crippen molar-refractivity contribution in [2.75, 3.05) is 25.6 Å². The average Bonchev–Trinajstić information content (AvgIpc) is 2.82. The predicted octanol–water partition coefficient (Wildman–Crippen LogP) is 2.55. The summed E-state index contributed by atoms with van der Waals surface area (Å²) in [7, 11) is 1.67. The van der Waals surface area contributed by atoms with Crippen molar-refractivity contribution >= 4 is 11.7 Å². The molecule has 1 unspecified atom stereocenters. The number of para-hydroxylation sites is 1. The molecule has 0 saturated carbocycles. The molecule has 0 aliphatic carbocycles. The Morgan fingerprint density at radius 1 is 1.42 bits per heavy atom. The number of benzene rings is 1. The molecular weight excluding hydrogens is 242 g/mol. The molecule has 0 fully saturated rings. The van der Waals surface area contributed by atoms with E-state index in [4.69, 9.17) is 9.47 Å². The van der Waals surface area contributed by atoms with Crippen LogP contribution in [0.25, 0.3) is 0 Å². The quantitative estimate of drug-likeness (QED) is 0.829. The van der Waals surface area contributed by atoms with Crippen molar-refractivity contribution in [2.24, 2.45) is 0 Å². The first-order valence-electron chi connectivity index (χ1n) is 6.58. The van der Waals surface area contributed by atoms with Crippen LogP contribution in [-0.4, -0.2) is 31.8 Å². The zero-order chi connectivity index (χ0) is 13.9. The summed E-state index contributed by atoms with van der Waals surface area (Å²) in [5, 5.41) is 3.22. The van der Waals surface area contributed by atoms with E-state index < -0.39 is 0 Å². The van der Waals surface area contributed by atoms with E-state index in [0.717, 1.165) is 11.3 Å². The number of esters is 1. The fourth-order valence-electron chi connectivity index (χ4n) is 2.09. The van der Waals surface area contributed by atoms with E-state index in [-0.39, 0.29) is 17.5 Å². The number of anilines is 1. The van der Waals surface area contributed by atoms with Crippen molar-refractivity contribution in [3.05, 3.63) is 29.8 Å². The minimum absolute atomic E-state index is 0.163. The molecule has 1 aliphatic heterocycles. The molecule has 4 heteroatoms. The molecule has 0 amide bonds. The molecule has 1 heterocycles. The second-order valence-corrected chi connectivity index (χ2v) is 5.40. The van der Waals surface area contributed by atoms with Crippen LogP contribution in [0, 0.1) is 0 Å². The lowest BCUT2D eigenvalue weighted by atomic mass is 10.0. The fraction of sp³-hybridized carbons (Fsp3) is 0.533. The van der Waals surface area contributed by atoms with Crippen molar-refractivity contribution in [3.63, 3.8) is 0 Å². The summed E-state index contributed by atoms with van der Waals surface area (Å²) in [6.07, 6.45) is 0.692. The van der Waals surface area contributed by atoms with Crippen LogP contribution in [0.5, 0.6) is 0 Å². The van der Waals surface area contributed by atoms with Gasteiger partial charge < -0.3 is 14.8 Å². The molecule has 0 spiro atoms. The minimum Gasteiger partial charge on any atom is -0.465 e. The summed E-state index contributed by atoms with van der Waals surface area (Å²) in [5.74, 6) is -0.355. The Morgan fingerprint density at radius 2 is 2.16 bits per heavy atom. The average molecular weight is 263 g/mol. The third-order valence-electron chi connectivity index (χ3n) is 3.62. The molecule has 1 atom stereocenters. The number of carbonyl (C=O) groups is 1. The maximum Gasteiger partial charge on any atom is 0.315 e. The number of nitrogens with one attached hydrogen (secondary N) is 1. The van der Waals surface area contributed by atoms with E-state index in [2.05, 4.69) is 5.32 Å². The van der Waals surface area contributed by atoms with Gasteiger partial charge in [-0.3, -0.25) is 4.79 Å². The van der Waals surface area contributed by atoms with Gasteiger partial charge in [-0.25, -0.2) is 0 Å². The van der Waals surface area contributed by atoms with Gasteiger partial charge in [-0.2, -0.15) is 0 Å². The molecule has 1 N–H and O–H groups in total. The van der Waals surface area contributed by atoms with Crippen LogP contribution in [0.15, 0.2) is 24.3 Å². The maximum atomic E-state index is 12.1. The van der Waals surface area contributed by atoms with Gasteiger partial charge in [-0.05, 0) is 25.5 Å². The maximum absolute atomic E-state index is 12.1. The third kappa shape index (κ3) is 3.26. The van der Waals surface area contributed by atoms with Gasteiger partial charge in [0.25, 0.3) is 0 Å². The van der Waals surface area contributed by atoms with Gasteiger partial charge in [0.1, 0.15) is 5.92 Å². The summed E-state index contributed by atoms with van der Waals surface area (Å²) in [5.41, 5.74) is 1.80. The minimum atomic E-state index is -0.258. The Labute approximate surface area is 114 Å². The predicted molar refractivity (Wildman–Crippen MR) is 74.3 cm³/mol. The zero-order valence-electron chi connectivity index (χ0n) is 11.7. The van der Waals surface area contributed by atoms with Crippen LogP contribution in [0.4, 0.5) is 5.69 Å². The molecule has 0 saturated heterocycles. The summed E-state index contributed by atoms with van der Waals surface area (Å²) in [6, 6.07) is 7.86. The molecule has 19 heavy (non-hydrogen) atoms. The standard InChI is InChI=1S/C15H21NO3/c1-15(2,18-3)8-9-19-14(17)12-10-16-13-7-5-4-6-11(12)13/h4-7,12,16H,8-10H2,1-3H3. The Morgan fingerprint density at radius 3 is 2.89 bits per heavy atom. The number of fused-ring (bicyclic) bond motifs is 1. The van der Waals surface area contributed by atoms with E-state index >= 15 is 0 Å². The number of ether oxygens (including phenoxy) is 2. The molecule has 0 radical (unpaired) electrons. The van der Waals surface area contributed by atoms with E-state index in [9.17, 15) is 4.79 Å². The van der Waals surface area contributed by atoms with Gasteiger partial charge in [0.05, 0.1) is 12.2 Å². The van der Waals surface area contributed by atoms with Crippen LogP contribution in [-0.2, 0) is 14.3 Å². The second kappa shape index (κ2) is 5.61. The molecule has 1 aliphatic rings. The molecule has 1 aromatic carbocycles. The van der Waals surface area contributed by atoms with Crippen LogP contribution in [0.2, 0.25) is 0 Å². The Hall–Kier alpha value is -1.55. The smallest absolute Gasteiger partial charge is 0.315 e. The van der Waals surface area contributed by atoms with Crippen molar-refractivity contribution in [2.45, 2.75) is 31.8 Å². The summed E-state index contributed by atoms with van der Waals surface area (Å²) < 4.78 is 10.7. The second-order valence-electron chi connectivity index (χ2n) is 5.40. The van der Waals surface area contributed by atoms with Gasteiger partial charge in [-0.15, -0.1) is 0 Å². The van der Waals surface area contributed by atoms with Gasteiger partial charge in [0.2, 0.25) is 0 Å². The van der Waals surface area contributed by atoms with E-state index in [1.807, 2.05) is 38.1 Å². The molecule has 0 bridgehead atoms. The molecule has 4 nitrogen and oxygen atoms in total. The SMILES string of the molecule is COC(C)(C)CCOC(=O)C1CNc2ccccc21. The van der Waals surface area contributed by atoms with E-state index in [0.29, 0.717) is 19.6 Å². The van der Waals surface area contributed by atoms with E-state index in [1.54, 1.807) is 7.11 Å². The Balaban J connectivity index is 1.89. The normalized spacial score (nSPS) is 17.7. The van der Waals surface area contributed by atoms with Crippen molar-refractivity contribution < 1.29 is 14.3 Å². The van der Waals surface area contributed by atoms with Crippen LogP contribution in [0.3, 0.4) is 0 Å². The fourth-order valence-corrected chi connectivity index (χ4v) is 2.09.